The number of hydrogen-bond donors (Lipinski definition) is 0. The Kier molecular flexibility index (Phi) is 5.80. The Morgan fingerprint density at radius 1 is 1.05 bits per heavy atom. The molecule has 2 aliphatic rings. The van der Waals surface area contributed by atoms with E-state index in [4.69, 9.17) is 4.74 Å². The lowest BCUT2D eigenvalue weighted by atomic mass is 9.96. The summed E-state index contributed by atoms with van der Waals surface area (Å²) in [6.07, 6.45) is -3.32. The molecule has 1 atom stereocenters. The maximum Gasteiger partial charge on any atom is 0.416 e. The van der Waals surface area contributed by atoms with Gasteiger partial charge in [-0.25, -0.2) is 4.79 Å². The van der Waals surface area contributed by atoms with Gasteiger partial charge in [0.2, 0.25) is 0 Å². The molecule has 0 N–H and O–H groups in total. The quantitative estimate of drug-likeness (QED) is 0.437. The molecule has 5 rings (SSSR count). The molecule has 0 bridgehead atoms. The van der Waals surface area contributed by atoms with Gasteiger partial charge in [-0.05, 0) is 63.1 Å². The minimum atomic E-state index is -4.62. The maximum atomic E-state index is 14.1. The third kappa shape index (κ3) is 4.68. The summed E-state index contributed by atoms with van der Waals surface area (Å²) in [5.41, 5.74) is 0.952. The van der Waals surface area contributed by atoms with Gasteiger partial charge in [-0.3, -0.25) is 14.4 Å². The number of amides is 2. The van der Waals surface area contributed by atoms with Crippen molar-refractivity contribution in [3.8, 4) is 0 Å². The van der Waals surface area contributed by atoms with Gasteiger partial charge in [-0.15, -0.1) is 0 Å². The van der Waals surface area contributed by atoms with E-state index < -0.39 is 35.4 Å². The zero-order valence-electron chi connectivity index (χ0n) is 21.0. The third-order valence-corrected chi connectivity index (χ3v) is 6.57. The Hall–Kier alpha value is -3.82. The van der Waals surface area contributed by atoms with E-state index in [1.807, 2.05) is 0 Å². The fourth-order valence-corrected chi connectivity index (χ4v) is 4.72. The second-order valence-electron chi connectivity index (χ2n) is 10.4. The number of hydrogen-bond acceptors (Lipinski definition) is 4. The Labute approximate surface area is 212 Å². The standard InChI is InChI=1S/C27H27F3N4O3/c1-16(34-13-18-12-32(15-23(18)31-34)25(36)37-26(2,3)4)17-10-20-21(22(11-17)27(28,29)30)14-33(24(20)35)19-8-6-5-7-9-19/h5-11,13,16H,12,14-15H2,1-4H3. The third-order valence-electron chi connectivity index (χ3n) is 6.57. The molecule has 0 radical (unpaired) electrons. The largest absolute Gasteiger partial charge is 0.444 e. The minimum Gasteiger partial charge on any atom is -0.444 e. The number of rotatable bonds is 3. The van der Waals surface area contributed by atoms with Gasteiger partial charge in [-0.1, -0.05) is 18.2 Å². The number of ether oxygens (including phenoxy) is 1. The molecule has 37 heavy (non-hydrogen) atoms. The van der Waals surface area contributed by atoms with Crippen LogP contribution in [0.3, 0.4) is 0 Å². The van der Waals surface area contributed by atoms with Crippen LogP contribution in [0.2, 0.25) is 0 Å². The van der Waals surface area contributed by atoms with E-state index in [2.05, 4.69) is 5.10 Å². The summed E-state index contributed by atoms with van der Waals surface area (Å²) in [5, 5.41) is 4.55. The number of alkyl halides is 3. The van der Waals surface area contributed by atoms with E-state index in [0.29, 0.717) is 23.5 Å². The summed E-state index contributed by atoms with van der Waals surface area (Å²) in [6.45, 7) is 7.53. The summed E-state index contributed by atoms with van der Waals surface area (Å²) >= 11 is 0. The molecule has 3 heterocycles. The predicted octanol–water partition coefficient (Wildman–Crippen LogP) is 5.92. The molecule has 0 aliphatic carbocycles. The zero-order valence-corrected chi connectivity index (χ0v) is 21.0. The molecule has 1 unspecified atom stereocenters. The Bertz CT molecular complexity index is 1350. The van der Waals surface area contributed by atoms with Crippen LogP contribution in [0, 0.1) is 0 Å². The minimum absolute atomic E-state index is 0.0201. The number of nitrogens with zero attached hydrogens (tertiary/aromatic N) is 4. The Morgan fingerprint density at radius 2 is 1.76 bits per heavy atom. The number of carbonyl (C=O) groups is 2. The van der Waals surface area contributed by atoms with Crippen molar-refractivity contribution in [2.45, 2.75) is 65.1 Å². The van der Waals surface area contributed by atoms with Crippen molar-refractivity contribution in [2.24, 2.45) is 0 Å². The van der Waals surface area contributed by atoms with E-state index in [1.165, 1.54) is 9.80 Å². The molecule has 194 valence electrons. The van der Waals surface area contributed by atoms with Crippen molar-refractivity contribution in [1.82, 2.24) is 14.7 Å². The highest BCUT2D eigenvalue weighted by Gasteiger charge is 2.41. The van der Waals surface area contributed by atoms with Crippen LogP contribution in [0.15, 0.2) is 48.7 Å². The number of halogens is 3. The number of benzene rings is 2. The van der Waals surface area contributed by atoms with Gasteiger partial charge >= 0.3 is 12.3 Å². The van der Waals surface area contributed by atoms with Gasteiger partial charge in [0, 0.05) is 23.0 Å². The molecule has 7 nitrogen and oxygen atoms in total. The number of para-hydroxylation sites is 1. The van der Waals surface area contributed by atoms with E-state index in [1.54, 1.807) is 75.0 Å². The molecular weight excluding hydrogens is 485 g/mol. The smallest absolute Gasteiger partial charge is 0.416 e. The van der Waals surface area contributed by atoms with Gasteiger partial charge < -0.3 is 9.64 Å². The van der Waals surface area contributed by atoms with Gasteiger partial charge in [-0.2, -0.15) is 18.3 Å². The topological polar surface area (TPSA) is 67.7 Å². The van der Waals surface area contributed by atoms with Crippen molar-refractivity contribution in [2.75, 3.05) is 4.90 Å². The van der Waals surface area contributed by atoms with Crippen LogP contribution in [-0.2, 0) is 30.5 Å². The van der Waals surface area contributed by atoms with E-state index in [0.717, 1.165) is 11.6 Å². The Morgan fingerprint density at radius 3 is 2.38 bits per heavy atom. The van der Waals surface area contributed by atoms with Crippen LogP contribution in [-0.4, -0.2) is 32.3 Å². The molecule has 0 saturated carbocycles. The predicted molar refractivity (Wildman–Crippen MR) is 130 cm³/mol. The first-order chi connectivity index (χ1) is 17.3. The molecule has 2 amide bonds. The summed E-state index contributed by atoms with van der Waals surface area (Å²) in [4.78, 5) is 28.5. The highest BCUT2D eigenvalue weighted by Crippen LogP contribution is 2.41. The average Bonchev–Trinajstić information content (AvgIpc) is 3.49. The Balaban J connectivity index is 1.43. The maximum absolute atomic E-state index is 14.1. The lowest BCUT2D eigenvalue weighted by molar-refractivity contribution is -0.138. The number of fused-ring (bicyclic) bond motifs is 2. The van der Waals surface area contributed by atoms with Gasteiger partial charge in [0.25, 0.3) is 5.91 Å². The fraction of sp³-hybridized carbons (Fsp3) is 0.370. The van der Waals surface area contributed by atoms with Crippen LogP contribution in [0.4, 0.5) is 23.7 Å². The monoisotopic (exact) mass is 512 g/mol. The van der Waals surface area contributed by atoms with E-state index in [-0.39, 0.29) is 24.2 Å². The van der Waals surface area contributed by atoms with E-state index in [9.17, 15) is 22.8 Å². The van der Waals surface area contributed by atoms with Crippen molar-refractivity contribution < 1.29 is 27.5 Å². The van der Waals surface area contributed by atoms with Crippen LogP contribution in [0.25, 0.3) is 0 Å². The summed E-state index contributed by atoms with van der Waals surface area (Å²) in [6, 6.07) is 10.8. The van der Waals surface area contributed by atoms with Crippen LogP contribution >= 0.6 is 0 Å². The zero-order chi connectivity index (χ0) is 26.7. The number of aromatic nitrogens is 2. The first kappa shape index (κ1) is 24.9. The van der Waals surface area contributed by atoms with Crippen molar-refractivity contribution in [3.63, 3.8) is 0 Å². The molecule has 0 fully saturated rings. The second kappa shape index (κ2) is 8.64. The molecule has 10 heteroatoms. The molecule has 0 spiro atoms. The van der Waals surface area contributed by atoms with Gasteiger partial charge in [0.1, 0.15) is 5.60 Å². The van der Waals surface area contributed by atoms with Crippen molar-refractivity contribution >= 4 is 17.7 Å². The van der Waals surface area contributed by atoms with Crippen LogP contribution < -0.4 is 4.90 Å². The molecule has 1 aromatic heterocycles. The number of anilines is 1. The average molecular weight is 513 g/mol. The SMILES string of the molecule is CC(c1cc2c(c(C(F)(F)F)c1)CN(c1ccccc1)C2=O)n1cc2c(n1)CN(C(=O)OC(C)(C)C)C2. The number of carbonyl (C=O) groups excluding carboxylic acids is 2. The fourth-order valence-electron chi connectivity index (χ4n) is 4.72. The molecule has 2 aromatic carbocycles. The summed E-state index contributed by atoms with van der Waals surface area (Å²) in [5.74, 6) is -0.461. The van der Waals surface area contributed by atoms with E-state index >= 15 is 0 Å². The van der Waals surface area contributed by atoms with Crippen LogP contribution in [0.5, 0.6) is 0 Å². The lowest BCUT2D eigenvalue weighted by Crippen LogP contribution is -2.33. The first-order valence-electron chi connectivity index (χ1n) is 12.0. The molecular formula is C27H27F3N4O3. The van der Waals surface area contributed by atoms with Crippen molar-refractivity contribution in [3.05, 3.63) is 82.2 Å². The molecule has 3 aromatic rings. The highest BCUT2D eigenvalue weighted by atomic mass is 19.4. The van der Waals surface area contributed by atoms with Gasteiger partial charge in [0.05, 0.1) is 36.9 Å². The summed E-state index contributed by atoms with van der Waals surface area (Å²) in [7, 11) is 0. The van der Waals surface area contributed by atoms with Crippen LogP contribution in [0.1, 0.15) is 72.0 Å². The second-order valence-corrected chi connectivity index (χ2v) is 10.4. The lowest BCUT2D eigenvalue weighted by Gasteiger charge is -2.24. The normalized spacial score (nSPS) is 16.1. The highest BCUT2D eigenvalue weighted by molar-refractivity contribution is 6.10. The molecule has 2 aliphatic heterocycles. The van der Waals surface area contributed by atoms with Crippen molar-refractivity contribution in [1.29, 1.82) is 0 Å². The first-order valence-corrected chi connectivity index (χ1v) is 12.0. The van der Waals surface area contributed by atoms with Gasteiger partial charge in [0.15, 0.2) is 0 Å². The molecule has 0 saturated heterocycles. The summed E-state index contributed by atoms with van der Waals surface area (Å²) < 4.78 is 49.3.